The van der Waals surface area contributed by atoms with Crippen molar-refractivity contribution in [2.75, 3.05) is 0 Å². The second kappa shape index (κ2) is 9.61. The molecule has 0 aliphatic rings. The number of hydrogen-bond acceptors (Lipinski definition) is 6. The lowest BCUT2D eigenvalue weighted by molar-refractivity contribution is -0.385. The fourth-order valence-corrected chi connectivity index (χ4v) is 3.23. The largest absolute Gasteiger partial charge is 0.457 e. The first-order chi connectivity index (χ1) is 16.0. The number of para-hydroxylation sites is 2. The Kier molecular flexibility index (Phi) is 6.26. The third-order valence-electron chi connectivity index (χ3n) is 4.88. The van der Waals surface area contributed by atoms with Gasteiger partial charge in [-0.15, -0.1) is 0 Å². The third-order valence-corrected chi connectivity index (χ3v) is 4.88. The van der Waals surface area contributed by atoms with Crippen LogP contribution in [0.2, 0.25) is 0 Å². The first kappa shape index (κ1) is 21.5. The molecule has 0 saturated carbocycles. The predicted molar refractivity (Wildman–Crippen MR) is 122 cm³/mol. The van der Waals surface area contributed by atoms with E-state index < -0.39 is 9.85 Å². The summed E-state index contributed by atoms with van der Waals surface area (Å²) in [7, 11) is 0. The Hall–Kier alpha value is -4.72. The summed E-state index contributed by atoms with van der Waals surface area (Å²) in [5.74, 6) is 2.22. The first-order valence-electron chi connectivity index (χ1n) is 10.00. The number of ether oxygens (including phenoxy) is 2. The molecule has 0 aliphatic heterocycles. The van der Waals surface area contributed by atoms with Crippen LogP contribution in [-0.2, 0) is 6.42 Å². The number of nitro benzene ring substituents is 2. The summed E-state index contributed by atoms with van der Waals surface area (Å²) in [6.45, 7) is 0. The lowest BCUT2D eigenvalue weighted by Crippen LogP contribution is -1.97. The number of nitro groups is 2. The molecule has 4 aromatic rings. The molecule has 0 aliphatic carbocycles. The number of benzene rings is 4. The van der Waals surface area contributed by atoms with Gasteiger partial charge >= 0.3 is 0 Å². The molecule has 0 amide bonds. The molecule has 0 radical (unpaired) electrons. The van der Waals surface area contributed by atoms with Crippen LogP contribution in [0.1, 0.15) is 11.1 Å². The molecule has 0 spiro atoms. The average Bonchev–Trinajstić information content (AvgIpc) is 2.82. The van der Waals surface area contributed by atoms with Crippen LogP contribution in [0.25, 0.3) is 0 Å². The molecule has 0 aromatic heterocycles. The third kappa shape index (κ3) is 5.31. The van der Waals surface area contributed by atoms with Crippen LogP contribution in [0.5, 0.6) is 23.0 Å². The highest BCUT2D eigenvalue weighted by Crippen LogP contribution is 2.32. The Morgan fingerprint density at radius 1 is 0.545 bits per heavy atom. The van der Waals surface area contributed by atoms with Crippen molar-refractivity contribution >= 4 is 11.4 Å². The van der Waals surface area contributed by atoms with Crippen molar-refractivity contribution in [2.45, 2.75) is 6.42 Å². The Balaban J connectivity index is 1.55. The summed E-state index contributed by atoms with van der Waals surface area (Å²) in [5.41, 5.74) is 1.78. The molecule has 0 fully saturated rings. The van der Waals surface area contributed by atoms with Crippen LogP contribution in [0, 0.1) is 20.2 Å². The number of rotatable bonds is 8. The fourth-order valence-electron chi connectivity index (χ4n) is 3.23. The van der Waals surface area contributed by atoms with Crippen molar-refractivity contribution in [3.05, 3.63) is 128 Å². The minimum absolute atomic E-state index is 0.00652. The van der Waals surface area contributed by atoms with Crippen molar-refractivity contribution in [3.63, 3.8) is 0 Å². The van der Waals surface area contributed by atoms with Gasteiger partial charge in [0.15, 0.2) is 0 Å². The lowest BCUT2D eigenvalue weighted by atomic mass is 10.0. The molecule has 33 heavy (non-hydrogen) atoms. The Morgan fingerprint density at radius 2 is 0.909 bits per heavy atom. The summed E-state index contributed by atoms with van der Waals surface area (Å²) < 4.78 is 12.0. The second-order valence-electron chi connectivity index (χ2n) is 7.10. The second-order valence-corrected chi connectivity index (χ2v) is 7.10. The van der Waals surface area contributed by atoms with Crippen LogP contribution < -0.4 is 9.47 Å². The van der Waals surface area contributed by atoms with E-state index in [-0.39, 0.29) is 11.4 Å². The molecule has 0 bridgehead atoms. The van der Waals surface area contributed by atoms with E-state index in [1.54, 1.807) is 24.3 Å². The van der Waals surface area contributed by atoms with Gasteiger partial charge in [-0.05, 0) is 47.5 Å². The molecule has 0 N–H and O–H groups in total. The minimum Gasteiger partial charge on any atom is -0.457 e. The highest BCUT2D eigenvalue weighted by atomic mass is 16.6. The molecule has 0 saturated heterocycles. The van der Waals surface area contributed by atoms with Crippen molar-refractivity contribution in [3.8, 4) is 23.0 Å². The van der Waals surface area contributed by atoms with Crippen LogP contribution in [0.3, 0.4) is 0 Å². The maximum atomic E-state index is 10.9. The summed E-state index contributed by atoms with van der Waals surface area (Å²) in [6.07, 6.45) is 0.506. The number of hydrogen-bond donors (Lipinski definition) is 0. The Bertz CT molecular complexity index is 1190. The van der Waals surface area contributed by atoms with Crippen molar-refractivity contribution in [2.24, 2.45) is 0 Å². The van der Waals surface area contributed by atoms with E-state index in [0.717, 1.165) is 11.1 Å². The van der Waals surface area contributed by atoms with E-state index in [2.05, 4.69) is 0 Å². The van der Waals surface area contributed by atoms with Crippen molar-refractivity contribution in [1.29, 1.82) is 0 Å². The summed E-state index contributed by atoms with van der Waals surface area (Å²) >= 11 is 0. The van der Waals surface area contributed by atoms with E-state index in [9.17, 15) is 20.2 Å². The highest BCUT2D eigenvalue weighted by molar-refractivity contribution is 5.47. The highest BCUT2D eigenvalue weighted by Gasteiger charge is 2.12. The molecule has 4 aromatic carbocycles. The van der Waals surface area contributed by atoms with Gasteiger partial charge in [0.05, 0.1) is 9.85 Å². The average molecular weight is 442 g/mol. The molecular formula is C25H18N2O6. The van der Waals surface area contributed by atoms with Gasteiger partial charge in [0.2, 0.25) is 0 Å². The Morgan fingerprint density at radius 3 is 1.27 bits per heavy atom. The molecule has 0 unspecified atom stereocenters. The molecule has 164 valence electrons. The Labute approximate surface area is 189 Å². The van der Waals surface area contributed by atoms with Gasteiger partial charge in [-0.1, -0.05) is 36.4 Å². The zero-order valence-electron chi connectivity index (χ0n) is 17.3. The first-order valence-corrected chi connectivity index (χ1v) is 10.00. The standard InChI is InChI=1S/C25H18N2O6/c28-26(29)20-9-13-22(14-10-20)32-24-7-3-1-5-18(24)17-19-6-2-4-8-25(19)33-23-15-11-21(12-16-23)27(30)31/h1-16H,17H2. The van der Waals surface area contributed by atoms with Gasteiger partial charge in [0, 0.05) is 30.7 Å². The van der Waals surface area contributed by atoms with Gasteiger partial charge in [0.25, 0.3) is 11.4 Å². The fraction of sp³-hybridized carbons (Fsp3) is 0.0400. The summed E-state index contributed by atoms with van der Waals surface area (Å²) in [4.78, 5) is 20.8. The predicted octanol–water partition coefficient (Wildman–Crippen LogP) is 6.68. The van der Waals surface area contributed by atoms with E-state index in [1.165, 1.54) is 24.3 Å². The van der Waals surface area contributed by atoms with Gasteiger partial charge in [-0.25, -0.2) is 0 Å². The van der Waals surface area contributed by atoms with Crippen LogP contribution in [-0.4, -0.2) is 9.85 Å². The summed E-state index contributed by atoms with van der Waals surface area (Å²) in [6, 6.07) is 26.8. The van der Waals surface area contributed by atoms with E-state index in [1.807, 2.05) is 48.5 Å². The van der Waals surface area contributed by atoms with E-state index in [0.29, 0.717) is 29.4 Å². The molecular weight excluding hydrogens is 424 g/mol. The van der Waals surface area contributed by atoms with Crippen LogP contribution >= 0.6 is 0 Å². The van der Waals surface area contributed by atoms with Crippen LogP contribution in [0.4, 0.5) is 11.4 Å². The van der Waals surface area contributed by atoms with E-state index >= 15 is 0 Å². The zero-order valence-corrected chi connectivity index (χ0v) is 17.3. The van der Waals surface area contributed by atoms with Gasteiger partial charge in [-0.3, -0.25) is 20.2 Å². The lowest BCUT2D eigenvalue weighted by Gasteiger charge is -2.14. The minimum atomic E-state index is -0.459. The molecule has 8 heteroatoms. The molecule has 4 rings (SSSR count). The van der Waals surface area contributed by atoms with Crippen molar-refractivity contribution < 1.29 is 19.3 Å². The topological polar surface area (TPSA) is 105 Å². The maximum absolute atomic E-state index is 10.9. The van der Waals surface area contributed by atoms with Crippen molar-refractivity contribution in [1.82, 2.24) is 0 Å². The zero-order chi connectivity index (χ0) is 23.2. The molecule has 0 atom stereocenters. The van der Waals surface area contributed by atoms with Crippen LogP contribution in [0.15, 0.2) is 97.1 Å². The normalized spacial score (nSPS) is 10.4. The van der Waals surface area contributed by atoms with Gasteiger partial charge < -0.3 is 9.47 Å². The summed E-state index contributed by atoms with van der Waals surface area (Å²) in [5, 5.41) is 21.7. The number of non-ortho nitro benzene ring substituents is 2. The molecule has 8 nitrogen and oxygen atoms in total. The number of nitrogens with zero attached hydrogens (tertiary/aromatic N) is 2. The van der Waals surface area contributed by atoms with Gasteiger partial charge in [0.1, 0.15) is 23.0 Å². The van der Waals surface area contributed by atoms with Gasteiger partial charge in [-0.2, -0.15) is 0 Å². The monoisotopic (exact) mass is 442 g/mol. The maximum Gasteiger partial charge on any atom is 0.269 e. The smallest absolute Gasteiger partial charge is 0.269 e. The molecule has 0 heterocycles. The quantitative estimate of drug-likeness (QED) is 0.223. The SMILES string of the molecule is O=[N+]([O-])c1ccc(Oc2ccccc2Cc2ccccc2Oc2ccc([N+](=O)[O-])cc2)cc1. The van der Waals surface area contributed by atoms with E-state index in [4.69, 9.17) is 9.47 Å².